The van der Waals surface area contributed by atoms with Gasteiger partial charge in [0.15, 0.2) is 11.8 Å². The molecule has 6 aliphatic carbocycles. The third-order valence-electron chi connectivity index (χ3n) is 6.49. The summed E-state index contributed by atoms with van der Waals surface area (Å²) in [7, 11) is 0. The molecular formula is C12H4N4. The highest BCUT2D eigenvalue weighted by Gasteiger charge is 3.42. The Bertz CT molecular complexity index is 624. The topological polar surface area (TPSA) is 17.4 Å². The van der Waals surface area contributed by atoms with Crippen molar-refractivity contribution in [1.29, 1.82) is 0 Å². The molecule has 0 aromatic heterocycles. The Kier molecular flexibility index (Phi) is 0.584. The first kappa shape index (κ1) is 7.27. The third-order valence-corrected chi connectivity index (χ3v) is 6.49. The number of rotatable bonds is 0. The molecule has 6 saturated carbocycles. The zero-order valence-electron chi connectivity index (χ0n) is 8.10. The smallest absolute Gasteiger partial charge is 0.300 e. The van der Waals surface area contributed by atoms with Gasteiger partial charge in [0.1, 0.15) is 0 Å². The van der Waals surface area contributed by atoms with Crippen molar-refractivity contribution in [3.05, 3.63) is 45.7 Å². The van der Waals surface area contributed by atoms with E-state index in [1.807, 2.05) is 0 Å². The van der Waals surface area contributed by atoms with Gasteiger partial charge in [-0.15, -0.1) is 0 Å². The minimum absolute atomic E-state index is 0.0631. The van der Waals surface area contributed by atoms with Gasteiger partial charge in [0.25, 0.3) is 0 Å². The summed E-state index contributed by atoms with van der Waals surface area (Å²) in [5.41, 5.74) is -2.58. The Morgan fingerprint density at radius 2 is 1.00 bits per heavy atom. The molecular weight excluding hydrogens is 200 g/mol. The zero-order chi connectivity index (χ0) is 11.1. The van der Waals surface area contributed by atoms with Crippen LogP contribution in [0.1, 0.15) is 0 Å². The highest BCUT2D eigenvalue weighted by molar-refractivity contribution is 5.85. The molecule has 0 saturated heterocycles. The molecule has 6 rings (SSSR count). The summed E-state index contributed by atoms with van der Waals surface area (Å²) in [5, 5.41) is 0. The summed E-state index contributed by atoms with van der Waals surface area (Å²) in [4.78, 5) is 14.8. The average molecular weight is 204 g/mol. The molecule has 8 atom stereocenters. The normalized spacial score (nSPS) is 76.2. The van der Waals surface area contributed by atoms with E-state index in [0.29, 0.717) is 11.8 Å². The van der Waals surface area contributed by atoms with E-state index in [4.69, 9.17) is 26.3 Å². The largest absolute Gasteiger partial charge is 0.404 e. The van der Waals surface area contributed by atoms with Crippen LogP contribution in [0.4, 0.5) is 0 Å². The van der Waals surface area contributed by atoms with Crippen molar-refractivity contribution >= 4 is 0 Å². The Labute approximate surface area is 92.1 Å². The second-order valence-corrected chi connectivity index (χ2v) is 5.64. The molecule has 0 aromatic rings. The van der Waals surface area contributed by atoms with Gasteiger partial charge in [0, 0.05) is 0 Å². The van der Waals surface area contributed by atoms with Crippen molar-refractivity contribution in [3.8, 4) is 0 Å². The summed E-state index contributed by atoms with van der Waals surface area (Å²) >= 11 is 0. The fourth-order valence-electron chi connectivity index (χ4n) is 6.52. The van der Waals surface area contributed by atoms with Gasteiger partial charge in [0.05, 0.1) is 11.8 Å². The van der Waals surface area contributed by atoms with E-state index < -0.39 is 22.2 Å². The average Bonchev–Trinajstić information content (AvgIpc) is 2.35. The van der Waals surface area contributed by atoms with Crippen LogP contribution in [-0.4, -0.2) is 22.2 Å². The van der Waals surface area contributed by atoms with Crippen LogP contribution in [0.25, 0.3) is 19.4 Å². The molecule has 6 fully saturated rings. The van der Waals surface area contributed by atoms with E-state index in [9.17, 15) is 0 Å². The van der Waals surface area contributed by atoms with Crippen LogP contribution in [0.5, 0.6) is 0 Å². The third kappa shape index (κ3) is 0.199. The molecule has 4 heteroatoms. The molecule has 4 nitrogen and oxygen atoms in total. The van der Waals surface area contributed by atoms with Gasteiger partial charge < -0.3 is 0 Å². The Hall–Kier alpha value is -2.04. The first-order valence-electron chi connectivity index (χ1n) is 5.27. The van der Waals surface area contributed by atoms with Crippen LogP contribution in [-0.2, 0) is 0 Å². The van der Waals surface area contributed by atoms with E-state index in [1.54, 1.807) is 0 Å². The molecule has 0 radical (unpaired) electrons. The van der Waals surface area contributed by atoms with Crippen LogP contribution in [0, 0.1) is 50.0 Å². The first-order valence-corrected chi connectivity index (χ1v) is 5.27. The molecule has 0 heterocycles. The van der Waals surface area contributed by atoms with Crippen molar-refractivity contribution < 1.29 is 0 Å². The molecule has 8 unspecified atom stereocenters. The molecule has 0 bridgehead atoms. The van der Waals surface area contributed by atoms with Crippen molar-refractivity contribution in [2.45, 2.75) is 22.2 Å². The van der Waals surface area contributed by atoms with Gasteiger partial charge in [0.2, 0.25) is 0 Å². The minimum Gasteiger partial charge on any atom is -0.300 e. The van der Waals surface area contributed by atoms with E-state index >= 15 is 0 Å². The maximum absolute atomic E-state index is 7.38. The summed E-state index contributed by atoms with van der Waals surface area (Å²) in [5.74, 6) is 0.713. The van der Waals surface area contributed by atoms with Gasteiger partial charge >= 0.3 is 22.2 Å². The molecule has 0 amide bonds. The molecule has 0 aromatic carbocycles. The lowest BCUT2D eigenvalue weighted by molar-refractivity contribution is -0.547. The standard InChI is InChI=1S/C12H4N4/c1-13-9-5-6-7(9)12(16-4)10(6,14-2)8(5)11(9,12)15-3/h5-8H. The first-order chi connectivity index (χ1) is 7.72. The van der Waals surface area contributed by atoms with E-state index in [2.05, 4.69) is 19.4 Å². The second kappa shape index (κ2) is 1.29. The SMILES string of the molecule is [C-]#[N+]C12C3C4C1C1([N+]#[C-])C4([N+]#[C-])C3C21[N+]#[C-]. The minimum atomic E-state index is -0.766. The maximum Gasteiger partial charge on any atom is 0.404 e. The molecule has 0 spiro atoms. The number of hydrogen-bond acceptors (Lipinski definition) is 0. The van der Waals surface area contributed by atoms with Crippen LogP contribution < -0.4 is 0 Å². The maximum atomic E-state index is 7.38. The molecule has 6 aliphatic rings. The lowest BCUT2D eigenvalue weighted by Crippen LogP contribution is -3.27. The summed E-state index contributed by atoms with van der Waals surface area (Å²) < 4.78 is 0. The van der Waals surface area contributed by atoms with Gasteiger partial charge in [-0.1, -0.05) is 0 Å². The number of hydrogen-bond donors (Lipinski definition) is 0. The quantitative estimate of drug-likeness (QED) is 0.527. The summed E-state index contributed by atoms with van der Waals surface area (Å²) in [6, 6.07) is 0. The lowest BCUT2D eigenvalue weighted by Gasteiger charge is -2.95. The highest BCUT2D eigenvalue weighted by Crippen LogP contribution is 3.09. The van der Waals surface area contributed by atoms with Crippen molar-refractivity contribution in [2.75, 3.05) is 0 Å². The highest BCUT2D eigenvalue weighted by atomic mass is 15.4. The van der Waals surface area contributed by atoms with E-state index in [0.717, 1.165) is 0 Å². The fraction of sp³-hybridized carbons (Fsp3) is 0.667. The predicted molar refractivity (Wildman–Crippen MR) is 51.3 cm³/mol. The second-order valence-electron chi connectivity index (χ2n) is 5.64. The summed E-state index contributed by atoms with van der Waals surface area (Å²) in [6.07, 6.45) is 0. The van der Waals surface area contributed by atoms with Crippen molar-refractivity contribution in [2.24, 2.45) is 23.7 Å². The Morgan fingerprint density at radius 3 is 1.25 bits per heavy atom. The van der Waals surface area contributed by atoms with Crippen LogP contribution >= 0.6 is 0 Å². The molecule has 0 N–H and O–H groups in total. The molecule has 72 valence electrons. The van der Waals surface area contributed by atoms with Crippen LogP contribution in [0.15, 0.2) is 0 Å². The van der Waals surface area contributed by atoms with Crippen molar-refractivity contribution in [3.63, 3.8) is 0 Å². The monoisotopic (exact) mass is 204 g/mol. The number of nitrogens with zero attached hydrogens (tertiary/aromatic N) is 4. The lowest BCUT2D eigenvalue weighted by atomic mass is 8.91. The molecule has 16 heavy (non-hydrogen) atoms. The van der Waals surface area contributed by atoms with Crippen molar-refractivity contribution in [1.82, 2.24) is 0 Å². The van der Waals surface area contributed by atoms with Gasteiger partial charge in [-0.3, -0.25) is 19.4 Å². The van der Waals surface area contributed by atoms with Crippen LogP contribution in [0.2, 0.25) is 0 Å². The Balaban J connectivity index is 1.86. The van der Waals surface area contributed by atoms with Crippen LogP contribution in [0.3, 0.4) is 0 Å². The van der Waals surface area contributed by atoms with Gasteiger partial charge in [-0.25, -0.2) is 26.3 Å². The summed E-state index contributed by atoms with van der Waals surface area (Å²) in [6.45, 7) is 29.4. The van der Waals surface area contributed by atoms with E-state index in [1.165, 1.54) is 0 Å². The predicted octanol–water partition coefficient (Wildman–Crippen LogP) is 1.15. The Morgan fingerprint density at radius 1 is 0.625 bits per heavy atom. The van der Waals surface area contributed by atoms with E-state index in [-0.39, 0.29) is 11.8 Å². The zero-order valence-corrected chi connectivity index (χ0v) is 8.10. The van der Waals surface area contributed by atoms with Gasteiger partial charge in [-0.05, 0) is 0 Å². The van der Waals surface area contributed by atoms with Gasteiger partial charge in [-0.2, -0.15) is 0 Å². The fourth-order valence-corrected chi connectivity index (χ4v) is 6.52. The molecule has 0 aliphatic heterocycles.